The third-order valence-electron chi connectivity index (χ3n) is 12.5. The van der Waals surface area contributed by atoms with Crippen molar-refractivity contribution in [2.24, 2.45) is 45.3 Å². The molecule has 1 spiro atoms. The zero-order chi connectivity index (χ0) is 28.0. The minimum Gasteiger partial charge on any atom is -0.452 e. The molecule has 0 radical (unpaired) electrons. The minimum absolute atomic E-state index is 0.0389. The maximum Gasteiger partial charge on any atom is 0.351 e. The van der Waals surface area contributed by atoms with E-state index in [1.54, 1.807) is 26.0 Å². The number of hydrogen-bond donors (Lipinski definition) is 3. The van der Waals surface area contributed by atoms with Crippen LogP contribution in [0.4, 0.5) is 0 Å². The van der Waals surface area contributed by atoms with Crippen molar-refractivity contribution in [1.82, 2.24) is 0 Å². The van der Waals surface area contributed by atoms with E-state index >= 15 is 0 Å². The van der Waals surface area contributed by atoms with Gasteiger partial charge in [0, 0.05) is 11.3 Å². The highest BCUT2D eigenvalue weighted by molar-refractivity contribution is 5.96. The Hall–Kier alpha value is -2.03. The second kappa shape index (κ2) is 7.18. The molecular formula is C30H40O8. The van der Waals surface area contributed by atoms with Gasteiger partial charge in [-0.2, -0.15) is 0 Å². The Morgan fingerprint density at radius 2 is 1.82 bits per heavy atom. The summed E-state index contributed by atoms with van der Waals surface area (Å²) in [7, 11) is 0. The number of carbonyl (C=O) groups excluding carboxylic acids is 3. The first-order valence-corrected chi connectivity index (χ1v) is 13.9. The Morgan fingerprint density at radius 1 is 1.16 bits per heavy atom. The lowest BCUT2D eigenvalue weighted by Gasteiger charge is -2.49. The number of ether oxygens (including phenoxy) is 2. The molecule has 208 valence electrons. The van der Waals surface area contributed by atoms with Crippen molar-refractivity contribution >= 4 is 17.7 Å². The quantitative estimate of drug-likeness (QED) is 0.376. The fourth-order valence-corrected chi connectivity index (χ4v) is 9.50. The lowest BCUT2D eigenvalue weighted by Crippen LogP contribution is -2.66. The largest absolute Gasteiger partial charge is 0.452 e. The van der Waals surface area contributed by atoms with E-state index in [2.05, 4.69) is 13.8 Å². The van der Waals surface area contributed by atoms with Gasteiger partial charge in [0.1, 0.15) is 6.10 Å². The average Bonchev–Trinajstić information content (AvgIpc) is 3.17. The summed E-state index contributed by atoms with van der Waals surface area (Å²) in [6, 6.07) is 0. The molecule has 0 aromatic rings. The Bertz CT molecular complexity index is 1230. The second-order valence-electron chi connectivity index (χ2n) is 14.3. The van der Waals surface area contributed by atoms with E-state index in [-0.39, 0.29) is 34.5 Å². The summed E-state index contributed by atoms with van der Waals surface area (Å²) in [5.41, 5.74) is -6.40. The van der Waals surface area contributed by atoms with Gasteiger partial charge < -0.3 is 24.8 Å². The van der Waals surface area contributed by atoms with Gasteiger partial charge in [0.2, 0.25) is 5.60 Å². The number of ketones is 1. The topological polar surface area (TPSA) is 130 Å². The Kier molecular flexibility index (Phi) is 4.95. The first-order valence-electron chi connectivity index (χ1n) is 13.9. The van der Waals surface area contributed by atoms with Crippen molar-refractivity contribution in [3.63, 3.8) is 0 Å². The molecule has 38 heavy (non-hydrogen) atoms. The fraction of sp³-hybridized carbons (Fsp3) is 0.767. The molecule has 0 aromatic heterocycles. The molecule has 1 aliphatic heterocycles. The van der Waals surface area contributed by atoms with Gasteiger partial charge in [-0.05, 0) is 67.4 Å². The molecule has 4 unspecified atom stereocenters. The van der Waals surface area contributed by atoms with Crippen LogP contribution >= 0.6 is 0 Å². The van der Waals surface area contributed by atoms with E-state index in [4.69, 9.17) is 9.47 Å². The van der Waals surface area contributed by atoms with Gasteiger partial charge in [0.15, 0.2) is 17.5 Å². The minimum atomic E-state index is -2.22. The molecule has 10 atom stereocenters. The van der Waals surface area contributed by atoms with Gasteiger partial charge in [-0.15, -0.1) is 0 Å². The van der Waals surface area contributed by atoms with E-state index in [0.29, 0.717) is 24.8 Å². The molecule has 4 bridgehead atoms. The molecule has 1 saturated heterocycles. The van der Waals surface area contributed by atoms with Gasteiger partial charge in [-0.3, -0.25) is 9.59 Å². The number of carbonyl (C=O) groups is 3. The van der Waals surface area contributed by atoms with Gasteiger partial charge in [-0.1, -0.05) is 46.8 Å². The number of Topliss-reactive ketones (excluding diaryl/α,β-unsaturated/α-hetero) is 1. The van der Waals surface area contributed by atoms with E-state index in [9.17, 15) is 29.7 Å². The van der Waals surface area contributed by atoms with Crippen LogP contribution in [0.3, 0.4) is 0 Å². The van der Waals surface area contributed by atoms with Crippen LogP contribution in [0.5, 0.6) is 0 Å². The lowest BCUT2D eigenvalue weighted by molar-refractivity contribution is -0.216. The molecule has 0 amide bonds. The van der Waals surface area contributed by atoms with Crippen LogP contribution in [0.25, 0.3) is 0 Å². The summed E-state index contributed by atoms with van der Waals surface area (Å²) in [4.78, 5) is 41.3. The van der Waals surface area contributed by atoms with Crippen LogP contribution in [-0.4, -0.2) is 63.1 Å². The van der Waals surface area contributed by atoms with Gasteiger partial charge in [0.05, 0.1) is 17.4 Å². The number of fused-ring (bicyclic) bond motifs is 5. The maximum absolute atomic E-state index is 14.5. The Labute approximate surface area is 223 Å². The molecule has 0 aromatic carbocycles. The van der Waals surface area contributed by atoms with Crippen LogP contribution in [-0.2, 0) is 23.9 Å². The number of allylic oxidation sites excluding steroid dienone is 1. The highest BCUT2D eigenvalue weighted by Gasteiger charge is 2.79. The fourth-order valence-electron chi connectivity index (χ4n) is 9.50. The molecule has 5 aliphatic carbocycles. The Morgan fingerprint density at radius 3 is 2.37 bits per heavy atom. The van der Waals surface area contributed by atoms with E-state index in [1.807, 2.05) is 20.8 Å². The van der Waals surface area contributed by atoms with Crippen molar-refractivity contribution in [1.29, 1.82) is 0 Å². The van der Waals surface area contributed by atoms with Crippen LogP contribution < -0.4 is 0 Å². The maximum atomic E-state index is 14.5. The van der Waals surface area contributed by atoms with Crippen molar-refractivity contribution in [2.75, 3.05) is 6.61 Å². The molecular weight excluding hydrogens is 488 g/mol. The molecule has 1 heterocycles. The number of rotatable bonds is 3. The average molecular weight is 529 g/mol. The molecule has 6 rings (SSSR count). The monoisotopic (exact) mass is 528 g/mol. The number of aliphatic hydroxyl groups is 3. The van der Waals surface area contributed by atoms with Gasteiger partial charge in [0.25, 0.3) is 0 Å². The summed E-state index contributed by atoms with van der Waals surface area (Å²) in [6.07, 6.45) is 1.80. The smallest absolute Gasteiger partial charge is 0.351 e. The zero-order valence-electron chi connectivity index (χ0n) is 23.3. The van der Waals surface area contributed by atoms with Crippen molar-refractivity contribution in [3.05, 3.63) is 23.3 Å². The third-order valence-corrected chi connectivity index (χ3v) is 12.5. The number of esters is 2. The molecule has 8 heteroatoms. The molecule has 6 aliphatic rings. The van der Waals surface area contributed by atoms with Crippen LogP contribution in [0.1, 0.15) is 67.7 Å². The van der Waals surface area contributed by atoms with E-state index in [0.717, 1.165) is 0 Å². The molecule has 3 N–H and O–H groups in total. The van der Waals surface area contributed by atoms with Crippen molar-refractivity contribution in [3.8, 4) is 0 Å². The lowest BCUT2D eigenvalue weighted by atomic mass is 9.59. The van der Waals surface area contributed by atoms with Crippen LogP contribution in [0.15, 0.2) is 23.3 Å². The predicted octanol–water partition coefficient (Wildman–Crippen LogP) is 2.49. The third kappa shape index (κ3) is 2.48. The Balaban J connectivity index is 1.46. The zero-order valence-corrected chi connectivity index (χ0v) is 23.3. The summed E-state index contributed by atoms with van der Waals surface area (Å²) in [6.45, 7) is 12.8. The highest BCUT2D eigenvalue weighted by Crippen LogP contribution is 2.72. The van der Waals surface area contributed by atoms with Gasteiger partial charge >= 0.3 is 11.9 Å². The summed E-state index contributed by atoms with van der Waals surface area (Å²) >= 11 is 0. The van der Waals surface area contributed by atoms with E-state index in [1.165, 1.54) is 0 Å². The summed E-state index contributed by atoms with van der Waals surface area (Å²) in [5, 5.41) is 34.6. The van der Waals surface area contributed by atoms with Crippen LogP contribution in [0.2, 0.25) is 0 Å². The van der Waals surface area contributed by atoms with Crippen molar-refractivity contribution < 1.29 is 39.2 Å². The summed E-state index contributed by atoms with van der Waals surface area (Å²) in [5.74, 6) is -2.06. The first kappa shape index (κ1) is 26.2. The molecule has 8 nitrogen and oxygen atoms in total. The van der Waals surface area contributed by atoms with E-state index < -0.39 is 64.1 Å². The highest BCUT2D eigenvalue weighted by atomic mass is 16.6. The van der Waals surface area contributed by atoms with Crippen molar-refractivity contribution in [2.45, 2.75) is 91.1 Å². The number of aliphatic hydroxyl groups excluding tert-OH is 2. The predicted molar refractivity (Wildman–Crippen MR) is 135 cm³/mol. The van der Waals surface area contributed by atoms with Crippen LogP contribution in [0, 0.1) is 45.3 Å². The standard InChI is InChI=1S/C30H40O8/c1-14-12-28-15(2)10-18-19(25(18,3)4)17(21(28)33)11-16(13-31)20(32)30(28,36)22(14)37-24(35)29-9-8-27(7,23(34)38-29)26(29,5)6/h11-12,15,17-20,22,31-32,36H,8-10,13H2,1-7H3/t15?,17-,18+,19-,20+,22-,27?,28?,29?,30-/m0/s1. The molecule has 4 fully saturated rings. The second-order valence-corrected chi connectivity index (χ2v) is 14.3. The molecule has 3 saturated carbocycles. The normalized spacial score (nSPS) is 51.2. The summed E-state index contributed by atoms with van der Waals surface area (Å²) < 4.78 is 11.8. The number of hydrogen-bond acceptors (Lipinski definition) is 8. The first-order chi connectivity index (χ1) is 17.5. The SMILES string of the molecule is CC1=CC23C(=O)[C@@H](C=C(CO)[C@@H](O)[C@]2(O)[C@H]1OC(=O)C12CCC(C)(C(=O)O1)C2(C)C)[C@H]1[C@@H](CC3C)C1(C)C. The van der Waals surface area contributed by atoms with Gasteiger partial charge in [-0.25, -0.2) is 4.79 Å².